The van der Waals surface area contributed by atoms with Crippen molar-refractivity contribution in [3.63, 3.8) is 0 Å². The molecule has 0 unspecified atom stereocenters. The molecule has 124 valence electrons. The number of carbonyl (C=O) groups excluding carboxylic acids is 2. The predicted octanol–water partition coefficient (Wildman–Crippen LogP) is 1.76. The number of hydrogen-bond donors (Lipinski definition) is 1. The van der Waals surface area contributed by atoms with Crippen molar-refractivity contribution in [2.75, 3.05) is 18.1 Å². The highest BCUT2D eigenvalue weighted by Crippen LogP contribution is 2.24. The lowest BCUT2D eigenvalue weighted by Gasteiger charge is -2.20. The maximum atomic E-state index is 12.6. The Labute approximate surface area is 136 Å². The lowest BCUT2D eigenvalue weighted by atomic mass is 10.1. The van der Waals surface area contributed by atoms with Crippen molar-refractivity contribution in [1.82, 2.24) is 4.90 Å². The quantitative estimate of drug-likeness (QED) is 0.832. The second kappa shape index (κ2) is 7.76. The first kappa shape index (κ1) is 17.0. The zero-order chi connectivity index (χ0) is 16.8. The lowest BCUT2D eigenvalue weighted by molar-refractivity contribution is -0.124. The van der Waals surface area contributed by atoms with Crippen molar-refractivity contribution < 1.29 is 9.59 Å². The Morgan fingerprint density at radius 3 is 2.57 bits per heavy atom. The van der Waals surface area contributed by atoms with Crippen LogP contribution in [0.15, 0.2) is 35.4 Å². The molecule has 1 atom stereocenters. The molecule has 0 aromatic heterocycles. The molecular formula is C17H24N4O2. The summed E-state index contributed by atoms with van der Waals surface area (Å²) in [5.41, 5.74) is 6.66. The first-order chi connectivity index (χ1) is 11.1. The number of amides is 2. The molecule has 2 amide bonds. The van der Waals surface area contributed by atoms with E-state index in [2.05, 4.69) is 12.0 Å². The number of unbranched alkanes of at least 4 members (excludes halogenated alkanes) is 1. The van der Waals surface area contributed by atoms with Crippen LogP contribution in [-0.4, -0.2) is 41.6 Å². The number of primary amides is 1. The highest BCUT2D eigenvalue weighted by Gasteiger charge is 2.36. The molecule has 0 aliphatic carbocycles. The fourth-order valence-corrected chi connectivity index (χ4v) is 2.61. The summed E-state index contributed by atoms with van der Waals surface area (Å²) in [4.78, 5) is 26.2. The van der Waals surface area contributed by atoms with Gasteiger partial charge in [0.1, 0.15) is 11.8 Å². The molecule has 23 heavy (non-hydrogen) atoms. The zero-order valence-corrected chi connectivity index (χ0v) is 13.7. The summed E-state index contributed by atoms with van der Waals surface area (Å²) >= 11 is 0. The van der Waals surface area contributed by atoms with Crippen molar-refractivity contribution in [3.05, 3.63) is 30.3 Å². The van der Waals surface area contributed by atoms with Crippen LogP contribution in [0.25, 0.3) is 0 Å². The van der Waals surface area contributed by atoms with Gasteiger partial charge in [-0.1, -0.05) is 31.5 Å². The number of hydrazone groups is 1. The smallest absolute Gasteiger partial charge is 0.270 e. The van der Waals surface area contributed by atoms with Gasteiger partial charge in [0.15, 0.2) is 0 Å². The monoisotopic (exact) mass is 316 g/mol. The van der Waals surface area contributed by atoms with Gasteiger partial charge >= 0.3 is 0 Å². The van der Waals surface area contributed by atoms with Gasteiger partial charge in [-0.2, -0.15) is 5.10 Å². The number of para-hydroxylation sites is 1. The lowest BCUT2D eigenvalue weighted by Crippen LogP contribution is -2.40. The standard InChI is InChI=1S/C17H24N4O2/c1-3-5-11-20(4-2)17(23)14-12-15(16(18)22)21(19-14)13-9-7-6-8-10-13/h6-10,15H,3-5,11-12H2,1-2H3,(H2,18,22)/t15-/m0/s1. The van der Waals surface area contributed by atoms with Crippen LogP contribution in [-0.2, 0) is 9.59 Å². The van der Waals surface area contributed by atoms with E-state index in [0.29, 0.717) is 18.8 Å². The van der Waals surface area contributed by atoms with E-state index in [0.717, 1.165) is 18.5 Å². The largest absolute Gasteiger partial charge is 0.368 e. The Hall–Kier alpha value is -2.37. The van der Waals surface area contributed by atoms with E-state index in [4.69, 9.17) is 5.73 Å². The summed E-state index contributed by atoms with van der Waals surface area (Å²) in [6, 6.07) is 8.70. The molecule has 0 saturated heterocycles. The van der Waals surface area contributed by atoms with Gasteiger partial charge in [-0.25, -0.2) is 0 Å². The maximum Gasteiger partial charge on any atom is 0.270 e. The van der Waals surface area contributed by atoms with Gasteiger partial charge in [0.2, 0.25) is 5.91 Å². The number of hydrogen-bond acceptors (Lipinski definition) is 4. The van der Waals surface area contributed by atoms with Crippen LogP contribution in [0.2, 0.25) is 0 Å². The molecule has 0 spiro atoms. The van der Waals surface area contributed by atoms with Crippen LogP contribution in [0.3, 0.4) is 0 Å². The van der Waals surface area contributed by atoms with E-state index in [1.54, 1.807) is 9.91 Å². The minimum atomic E-state index is -0.610. The molecule has 2 rings (SSSR count). The molecule has 1 aliphatic rings. The van der Waals surface area contributed by atoms with E-state index in [1.807, 2.05) is 37.3 Å². The summed E-state index contributed by atoms with van der Waals surface area (Å²) < 4.78 is 0. The van der Waals surface area contributed by atoms with Gasteiger partial charge < -0.3 is 10.6 Å². The van der Waals surface area contributed by atoms with Crippen LogP contribution in [0, 0.1) is 0 Å². The van der Waals surface area contributed by atoms with E-state index in [-0.39, 0.29) is 12.3 Å². The minimum Gasteiger partial charge on any atom is -0.368 e. The Morgan fingerprint density at radius 1 is 1.30 bits per heavy atom. The highest BCUT2D eigenvalue weighted by atomic mass is 16.2. The number of anilines is 1. The molecule has 6 nitrogen and oxygen atoms in total. The summed E-state index contributed by atoms with van der Waals surface area (Å²) in [6.07, 6.45) is 2.23. The van der Waals surface area contributed by atoms with Gasteiger partial charge in [0, 0.05) is 19.5 Å². The third-order valence-electron chi connectivity index (χ3n) is 3.96. The zero-order valence-electron chi connectivity index (χ0n) is 13.7. The Morgan fingerprint density at radius 2 is 2.00 bits per heavy atom. The third-order valence-corrected chi connectivity index (χ3v) is 3.96. The van der Waals surface area contributed by atoms with E-state index < -0.39 is 11.9 Å². The van der Waals surface area contributed by atoms with Gasteiger partial charge in [-0.05, 0) is 25.5 Å². The number of carbonyl (C=O) groups is 2. The minimum absolute atomic E-state index is 0.106. The topological polar surface area (TPSA) is 79.0 Å². The average molecular weight is 316 g/mol. The van der Waals surface area contributed by atoms with Crippen LogP contribution in [0.4, 0.5) is 5.69 Å². The van der Waals surface area contributed by atoms with Crippen LogP contribution in [0.1, 0.15) is 33.1 Å². The van der Waals surface area contributed by atoms with Crippen LogP contribution in [0.5, 0.6) is 0 Å². The van der Waals surface area contributed by atoms with Crippen molar-refractivity contribution >= 4 is 23.2 Å². The predicted molar refractivity (Wildman–Crippen MR) is 91.1 cm³/mol. The average Bonchev–Trinajstić information content (AvgIpc) is 3.01. The number of rotatable bonds is 7. The van der Waals surface area contributed by atoms with Gasteiger partial charge in [0.05, 0.1) is 5.69 Å². The molecule has 1 aromatic carbocycles. The first-order valence-electron chi connectivity index (χ1n) is 8.08. The van der Waals surface area contributed by atoms with E-state index >= 15 is 0 Å². The second-order valence-electron chi connectivity index (χ2n) is 5.59. The first-order valence-corrected chi connectivity index (χ1v) is 8.08. The van der Waals surface area contributed by atoms with Gasteiger partial charge in [-0.15, -0.1) is 0 Å². The van der Waals surface area contributed by atoms with Crippen molar-refractivity contribution in [3.8, 4) is 0 Å². The van der Waals surface area contributed by atoms with Crippen LogP contribution < -0.4 is 10.7 Å². The summed E-state index contributed by atoms with van der Waals surface area (Å²) in [7, 11) is 0. The van der Waals surface area contributed by atoms with E-state index in [1.165, 1.54) is 0 Å². The summed E-state index contributed by atoms with van der Waals surface area (Å²) in [5.74, 6) is -0.581. The summed E-state index contributed by atoms with van der Waals surface area (Å²) in [6.45, 7) is 5.37. The maximum absolute atomic E-state index is 12.6. The molecule has 1 heterocycles. The van der Waals surface area contributed by atoms with Crippen molar-refractivity contribution in [1.29, 1.82) is 0 Å². The van der Waals surface area contributed by atoms with Crippen molar-refractivity contribution in [2.24, 2.45) is 10.8 Å². The fourth-order valence-electron chi connectivity index (χ4n) is 2.61. The summed E-state index contributed by atoms with van der Waals surface area (Å²) in [5, 5.41) is 5.95. The van der Waals surface area contributed by atoms with Gasteiger partial charge in [0.25, 0.3) is 5.91 Å². The molecule has 0 radical (unpaired) electrons. The normalized spacial score (nSPS) is 17.0. The van der Waals surface area contributed by atoms with Crippen molar-refractivity contribution in [2.45, 2.75) is 39.2 Å². The molecule has 0 fully saturated rings. The second-order valence-corrected chi connectivity index (χ2v) is 5.59. The number of nitrogens with zero attached hydrogens (tertiary/aromatic N) is 3. The molecule has 1 aliphatic heterocycles. The van der Waals surface area contributed by atoms with Crippen LogP contribution >= 0.6 is 0 Å². The molecule has 1 aromatic rings. The SMILES string of the molecule is CCCCN(CC)C(=O)C1=NN(c2ccccc2)[C@H](C(N)=O)C1. The third kappa shape index (κ3) is 3.88. The molecule has 6 heteroatoms. The highest BCUT2D eigenvalue weighted by molar-refractivity contribution is 6.40. The fraction of sp³-hybridized carbons (Fsp3) is 0.471. The molecule has 0 bridgehead atoms. The molecule has 2 N–H and O–H groups in total. The molecular weight excluding hydrogens is 292 g/mol. The molecule has 0 saturated carbocycles. The Balaban J connectivity index is 2.22. The number of nitrogens with two attached hydrogens (primary N) is 1. The van der Waals surface area contributed by atoms with E-state index in [9.17, 15) is 9.59 Å². The van der Waals surface area contributed by atoms with Gasteiger partial charge in [-0.3, -0.25) is 14.6 Å². The Bertz CT molecular complexity index is 586. The Kier molecular flexibility index (Phi) is 5.73. The number of benzene rings is 1.